The molecule has 0 aromatic rings. The van der Waals surface area contributed by atoms with Crippen molar-refractivity contribution in [2.45, 2.75) is 39.4 Å². The zero-order valence-electron chi connectivity index (χ0n) is 10.1. The lowest BCUT2D eigenvalue weighted by Gasteiger charge is -2.41. The zero-order chi connectivity index (χ0) is 12.5. The Labute approximate surface area is 89.6 Å². The lowest BCUT2D eigenvalue weighted by Crippen LogP contribution is -2.53. The van der Waals surface area contributed by atoms with E-state index in [4.69, 9.17) is 5.73 Å². The number of hydrogen-bond acceptors (Lipinski definition) is 2. The minimum absolute atomic E-state index is 0.315. The zero-order valence-corrected chi connectivity index (χ0v) is 10.1. The molecule has 0 atom stereocenters. The van der Waals surface area contributed by atoms with E-state index in [1.54, 1.807) is 0 Å². The Morgan fingerprint density at radius 1 is 1.00 bits per heavy atom. The predicted molar refractivity (Wildman–Crippen MR) is 55.6 cm³/mol. The van der Waals surface area contributed by atoms with Crippen molar-refractivity contribution in [3.05, 3.63) is 0 Å². The lowest BCUT2D eigenvalue weighted by molar-refractivity contribution is -0.146. The molecule has 0 aromatic heterocycles. The summed E-state index contributed by atoms with van der Waals surface area (Å²) >= 11 is 0. The van der Waals surface area contributed by atoms with Crippen molar-refractivity contribution in [1.29, 1.82) is 0 Å². The highest BCUT2D eigenvalue weighted by molar-refractivity contribution is 4.91. The monoisotopic (exact) mass is 226 g/mol. The van der Waals surface area contributed by atoms with Crippen LogP contribution in [0.3, 0.4) is 0 Å². The minimum Gasteiger partial charge on any atom is -0.325 e. The third-order valence-electron chi connectivity index (χ3n) is 2.86. The molecule has 0 rings (SSSR count). The van der Waals surface area contributed by atoms with E-state index in [-0.39, 0.29) is 5.41 Å². The Balaban J connectivity index is 4.36. The molecule has 5 heteroatoms. The van der Waals surface area contributed by atoms with Gasteiger partial charge in [0.1, 0.15) is 0 Å². The Morgan fingerprint density at radius 2 is 1.40 bits per heavy atom. The first kappa shape index (κ1) is 14.7. The molecule has 0 saturated heterocycles. The highest BCUT2D eigenvalue weighted by atomic mass is 19.4. The van der Waals surface area contributed by atoms with E-state index in [0.29, 0.717) is 6.54 Å². The summed E-state index contributed by atoms with van der Waals surface area (Å²) in [4.78, 5) is 1.26. The molecule has 0 bridgehead atoms. The van der Waals surface area contributed by atoms with E-state index in [1.807, 2.05) is 27.7 Å². The van der Waals surface area contributed by atoms with Gasteiger partial charge in [0, 0.05) is 12.1 Å². The van der Waals surface area contributed by atoms with Crippen LogP contribution < -0.4 is 5.73 Å². The van der Waals surface area contributed by atoms with Crippen molar-refractivity contribution >= 4 is 0 Å². The summed E-state index contributed by atoms with van der Waals surface area (Å²) in [6.45, 7) is 6.82. The van der Waals surface area contributed by atoms with Crippen LogP contribution in [0.2, 0.25) is 0 Å². The maximum Gasteiger partial charge on any atom is 0.401 e. The maximum atomic E-state index is 12.1. The second kappa shape index (κ2) is 4.29. The van der Waals surface area contributed by atoms with Crippen LogP contribution in [0.25, 0.3) is 0 Å². The number of nitrogens with zero attached hydrogens (tertiary/aromatic N) is 1. The number of alkyl halides is 3. The van der Waals surface area contributed by atoms with Crippen molar-refractivity contribution in [1.82, 2.24) is 4.90 Å². The Hall–Kier alpha value is -0.290. The Bertz CT molecular complexity index is 204. The third-order valence-corrected chi connectivity index (χ3v) is 2.86. The van der Waals surface area contributed by atoms with Gasteiger partial charge in [-0.2, -0.15) is 13.2 Å². The van der Waals surface area contributed by atoms with Crippen LogP contribution in [-0.4, -0.2) is 36.8 Å². The standard InChI is InChI=1S/C10H21F3N2/c1-8(2,9(3,4)14)6-15(5)7-10(11,12)13/h6-7,14H2,1-5H3. The van der Waals surface area contributed by atoms with Crippen molar-refractivity contribution in [2.75, 3.05) is 20.1 Å². The fourth-order valence-corrected chi connectivity index (χ4v) is 1.24. The first-order valence-electron chi connectivity index (χ1n) is 4.89. The van der Waals surface area contributed by atoms with E-state index in [1.165, 1.54) is 11.9 Å². The summed E-state index contributed by atoms with van der Waals surface area (Å²) in [5, 5.41) is 0. The van der Waals surface area contributed by atoms with Crippen molar-refractivity contribution in [3.63, 3.8) is 0 Å². The van der Waals surface area contributed by atoms with Gasteiger partial charge in [-0.05, 0) is 26.3 Å². The summed E-state index contributed by atoms with van der Waals surface area (Å²) in [5.74, 6) is 0. The van der Waals surface area contributed by atoms with Gasteiger partial charge in [0.05, 0.1) is 6.54 Å². The van der Waals surface area contributed by atoms with Crippen LogP contribution in [0.4, 0.5) is 13.2 Å². The van der Waals surface area contributed by atoms with Gasteiger partial charge in [-0.3, -0.25) is 4.90 Å². The summed E-state index contributed by atoms with van der Waals surface area (Å²) in [7, 11) is 1.46. The molecule has 15 heavy (non-hydrogen) atoms. The normalized spacial score (nSPS) is 14.8. The molecule has 0 radical (unpaired) electrons. The number of nitrogens with two attached hydrogens (primary N) is 1. The number of hydrogen-bond donors (Lipinski definition) is 1. The second-order valence-corrected chi connectivity index (χ2v) is 5.39. The fourth-order valence-electron chi connectivity index (χ4n) is 1.24. The molecule has 2 N–H and O–H groups in total. The Morgan fingerprint density at radius 3 is 1.67 bits per heavy atom. The van der Waals surface area contributed by atoms with Gasteiger partial charge in [0.25, 0.3) is 0 Å². The quantitative estimate of drug-likeness (QED) is 0.796. The van der Waals surface area contributed by atoms with Crippen LogP contribution in [0.1, 0.15) is 27.7 Å². The minimum atomic E-state index is -4.15. The molecule has 0 aliphatic carbocycles. The van der Waals surface area contributed by atoms with Gasteiger partial charge in [-0.25, -0.2) is 0 Å². The molecule has 0 saturated carbocycles. The van der Waals surface area contributed by atoms with E-state index in [9.17, 15) is 13.2 Å². The molecule has 0 aliphatic rings. The van der Waals surface area contributed by atoms with Crippen LogP contribution in [-0.2, 0) is 0 Å². The van der Waals surface area contributed by atoms with Crippen LogP contribution in [0.5, 0.6) is 0 Å². The molecule has 92 valence electrons. The van der Waals surface area contributed by atoms with E-state index in [0.717, 1.165) is 0 Å². The second-order valence-electron chi connectivity index (χ2n) is 5.39. The van der Waals surface area contributed by atoms with Gasteiger partial charge in [0.2, 0.25) is 0 Å². The summed E-state index contributed by atoms with van der Waals surface area (Å²) in [6.07, 6.45) is -4.15. The van der Waals surface area contributed by atoms with E-state index < -0.39 is 18.3 Å². The topological polar surface area (TPSA) is 29.3 Å². The summed E-state index contributed by atoms with van der Waals surface area (Å²) < 4.78 is 36.3. The summed E-state index contributed by atoms with van der Waals surface area (Å²) in [6, 6.07) is 0. The molecule has 0 unspecified atom stereocenters. The van der Waals surface area contributed by atoms with Crippen LogP contribution >= 0.6 is 0 Å². The lowest BCUT2D eigenvalue weighted by atomic mass is 9.75. The van der Waals surface area contributed by atoms with Crippen molar-refractivity contribution in [2.24, 2.45) is 11.1 Å². The van der Waals surface area contributed by atoms with Gasteiger partial charge < -0.3 is 5.73 Å². The number of rotatable bonds is 4. The first-order chi connectivity index (χ1) is 6.35. The van der Waals surface area contributed by atoms with Gasteiger partial charge in [-0.1, -0.05) is 13.8 Å². The average Bonchev–Trinajstić information content (AvgIpc) is 1.75. The van der Waals surface area contributed by atoms with Gasteiger partial charge in [-0.15, -0.1) is 0 Å². The predicted octanol–water partition coefficient (Wildman–Crippen LogP) is 2.24. The maximum absolute atomic E-state index is 12.1. The molecule has 0 aliphatic heterocycles. The highest BCUT2D eigenvalue weighted by Crippen LogP contribution is 2.29. The molecule has 0 fully saturated rings. The molecular formula is C10H21F3N2. The number of halogens is 3. The Kier molecular flexibility index (Phi) is 4.21. The molecule has 0 heterocycles. The average molecular weight is 226 g/mol. The molecule has 2 nitrogen and oxygen atoms in total. The third kappa shape index (κ3) is 5.37. The molecule has 0 aromatic carbocycles. The highest BCUT2D eigenvalue weighted by Gasteiger charge is 2.37. The summed E-state index contributed by atoms with van der Waals surface area (Å²) in [5.41, 5.74) is 5.04. The van der Waals surface area contributed by atoms with Crippen LogP contribution in [0.15, 0.2) is 0 Å². The SMILES string of the molecule is CN(CC(F)(F)F)CC(C)(C)C(C)(C)N. The molecule has 0 spiro atoms. The van der Waals surface area contributed by atoms with Crippen LogP contribution in [0, 0.1) is 5.41 Å². The smallest absolute Gasteiger partial charge is 0.325 e. The fraction of sp³-hybridized carbons (Fsp3) is 1.00. The van der Waals surface area contributed by atoms with Crippen molar-refractivity contribution < 1.29 is 13.2 Å². The van der Waals surface area contributed by atoms with E-state index in [2.05, 4.69) is 0 Å². The van der Waals surface area contributed by atoms with Gasteiger partial charge >= 0.3 is 6.18 Å². The van der Waals surface area contributed by atoms with Gasteiger partial charge in [0.15, 0.2) is 0 Å². The molecule has 0 amide bonds. The molecular weight excluding hydrogens is 205 g/mol. The van der Waals surface area contributed by atoms with Crippen molar-refractivity contribution in [3.8, 4) is 0 Å². The largest absolute Gasteiger partial charge is 0.401 e. The van der Waals surface area contributed by atoms with E-state index >= 15 is 0 Å². The first-order valence-corrected chi connectivity index (χ1v) is 4.89.